The standard InChI is InChI=1S/C23H17F3O4/c1-28-17-8-2-14(3-9-17)12-29-21-11-22-19(20(27)13-30-22)10-18(21)15-4-6-16(7-5-15)23(24,25)26/h2-11H,12-13H2,1H3. The van der Waals surface area contributed by atoms with Crippen LogP contribution in [0.5, 0.6) is 17.2 Å². The third kappa shape index (κ3) is 3.96. The highest BCUT2D eigenvalue weighted by Crippen LogP contribution is 2.40. The van der Waals surface area contributed by atoms with Crippen LogP contribution in [-0.2, 0) is 12.8 Å². The summed E-state index contributed by atoms with van der Waals surface area (Å²) in [5.41, 5.74) is 1.56. The van der Waals surface area contributed by atoms with Crippen molar-refractivity contribution in [2.45, 2.75) is 12.8 Å². The van der Waals surface area contributed by atoms with Crippen LogP contribution in [-0.4, -0.2) is 19.5 Å². The normalized spacial score (nSPS) is 13.0. The third-order valence-corrected chi connectivity index (χ3v) is 4.82. The molecule has 30 heavy (non-hydrogen) atoms. The molecule has 3 aromatic carbocycles. The van der Waals surface area contributed by atoms with Crippen molar-refractivity contribution in [1.82, 2.24) is 0 Å². The van der Waals surface area contributed by atoms with Crippen LogP contribution in [0.15, 0.2) is 60.7 Å². The first-order valence-corrected chi connectivity index (χ1v) is 9.12. The lowest BCUT2D eigenvalue weighted by atomic mass is 9.99. The minimum absolute atomic E-state index is 0.0658. The zero-order chi connectivity index (χ0) is 21.3. The highest BCUT2D eigenvalue weighted by molar-refractivity contribution is 6.03. The van der Waals surface area contributed by atoms with Gasteiger partial charge in [-0.25, -0.2) is 0 Å². The maximum atomic E-state index is 12.9. The van der Waals surface area contributed by atoms with Crippen LogP contribution in [0.3, 0.4) is 0 Å². The van der Waals surface area contributed by atoms with E-state index >= 15 is 0 Å². The van der Waals surface area contributed by atoms with Crippen molar-refractivity contribution in [3.05, 3.63) is 77.4 Å². The predicted octanol–water partition coefficient (Wildman–Crippen LogP) is 5.54. The molecule has 0 aromatic heterocycles. The van der Waals surface area contributed by atoms with Gasteiger partial charge in [0.05, 0.1) is 18.2 Å². The van der Waals surface area contributed by atoms with E-state index in [1.54, 1.807) is 31.4 Å². The average molecular weight is 414 g/mol. The Labute approximate surface area is 170 Å². The topological polar surface area (TPSA) is 44.8 Å². The molecule has 0 spiro atoms. The maximum absolute atomic E-state index is 12.9. The molecular formula is C23H17F3O4. The smallest absolute Gasteiger partial charge is 0.416 e. The largest absolute Gasteiger partial charge is 0.497 e. The van der Waals surface area contributed by atoms with E-state index in [9.17, 15) is 18.0 Å². The number of rotatable bonds is 5. The average Bonchev–Trinajstić information content (AvgIpc) is 3.11. The van der Waals surface area contributed by atoms with Crippen molar-refractivity contribution in [2.75, 3.05) is 13.7 Å². The fourth-order valence-electron chi connectivity index (χ4n) is 3.19. The van der Waals surface area contributed by atoms with Crippen LogP contribution < -0.4 is 14.2 Å². The van der Waals surface area contributed by atoms with Gasteiger partial charge in [-0.05, 0) is 41.5 Å². The van der Waals surface area contributed by atoms with Crippen molar-refractivity contribution in [1.29, 1.82) is 0 Å². The Kier molecular flexibility index (Phi) is 5.11. The first-order valence-electron chi connectivity index (χ1n) is 9.12. The first-order chi connectivity index (χ1) is 14.3. The SMILES string of the molecule is COc1ccc(COc2cc3c(cc2-c2ccc(C(F)(F)F)cc2)C(=O)CO3)cc1. The van der Waals surface area contributed by atoms with Crippen LogP contribution in [0, 0.1) is 0 Å². The van der Waals surface area contributed by atoms with Gasteiger partial charge in [0.1, 0.15) is 23.9 Å². The zero-order valence-electron chi connectivity index (χ0n) is 16.0. The number of benzene rings is 3. The van der Waals surface area contributed by atoms with Crippen LogP contribution in [0.2, 0.25) is 0 Å². The van der Waals surface area contributed by atoms with Gasteiger partial charge in [0.2, 0.25) is 5.78 Å². The zero-order valence-corrected chi connectivity index (χ0v) is 16.0. The Morgan fingerprint density at radius 2 is 1.67 bits per heavy atom. The Bertz CT molecular complexity index is 1070. The molecule has 1 aliphatic heterocycles. The molecule has 4 rings (SSSR count). The Balaban J connectivity index is 1.67. The molecule has 154 valence electrons. The lowest BCUT2D eigenvalue weighted by Crippen LogP contribution is -2.04. The number of carbonyl (C=O) groups excluding carboxylic acids is 1. The molecule has 4 nitrogen and oxygen atoms in total. The molecule has 7 heteroatoms. The molecule has 0 atom stereocenters. The molecule has 3 aromatic rings. The molecular weight excluding hydrogens is 397 g/mol. The summed E-state index contributed by atoms with van der Waals surface area (Å²) in [4.78, 5) is 12.1. The summed E-state index contributed by atoms with van der Waals surface area (Å²) in [6.45, 7) is 0.161. The van der Waals surface area contributed by atoms with E-state index < -0.39 is 11.7 Å². The number of ketones is 1. The van der Waals surface area contributed by atoms with Gasteiger partial charge in [-0.1, -0.05) is 24.3 Å². The van der Waals surface area contributed by atoms with E-state index in [0.29, 0.717) is 33.9 Å². The Hall–Kier alpha value is -3.48. The second-order valence-electron chi connectivity index (χ2n) is 6.77. The van der Waals surface area contributed by atoms with Crippen molar-refractivity contribution < 1.29 is 32.2 Å². The highest BCUT2D eigenvalue weighted by atomic mass is 19.4. The summed E-state index contributed by atoms with van der Waals surface area (Å²) in [7, 11) is 1.58. The molecule has 1 heterocycles. The van der Waals surface area contributed by atoms with E-state index in [1.165, 1.54) is 12.1 Å². The van der Waals surface area contributed by atoms with Gasteiger partial charge in [-0.2, -0.15) is 13.2 Å². The molecule has 0 aliphatic carbocycles. The molecule has 0 fully saturated rings. The minimum Gasteiger partial charge on any atom is -0.497 e. The molecule has 0 amide bonds. The fraction of sp³-hybridized carbons (Fsp3) is 0.174. The molecule has 0 saturated heterocycles. The molecule has 0 unspecified atom stereocenters. The number of hydrogen-bond donors (Lipinski definition) is 0. The van der Waals surface area contributed by atoms with Crippen molar-refractivity contribution in [3.63, 3.8) is 0 Å². The number of carbonyl (C=O) groups is 1. The molecule has 0 radical (unpaired) electrons. The van der Waals surface area contributed by atoms with Crippen molar-refractivity contribution in [2.24, 2.45) is 0 Å². The number of hydrogen-bond acceptors (Lipinski definition) is 4. The summed E-state index contributed by atoms with van der Waals surface area (Å²) in [5, 5.41) is 0. The van der Waals surface area contributed by atoms with Crippen molar-refractivity contribution >= 4 is 5.78 Å². The summed E-state index contributed by atoms with van der Waals surface area (Å²) in [6.07, 6.45) is -4.42. The van der Waals surface area contributed by atoms with Gasteiger partial charge in [0.15, 0.2) is 6.61 Å². The molecule has 1 aliphatic rings. The monoisotopic (exact) mass is 414 g/mol. The molecule has 0 saturated carbocycles. The van der Waals surface area contributed by atoms with E-state index in [0.717, 1.165) is 17.7 Å². The van der Waals surface area contributed by atoms with Gasteiger partial charge in [-0.15, -0.1) is 0 Å². The fourth-order valence-corrected chi connectivity index (χ4v) is 3.19. The number of ether oxygens (including phenoxy) is 3. The summed E-state index contributed by atoms with van der Waals surface area (Å²) in [6, 6.07) is 15.3. The second-order valence-corrected chi connectivity index (χ2v) is 6.77. The second kappa shape index (κ2) is 7.74. The number of fused-ring (bicyclic) bond motifs is 1. The van der Waals surface area contributed by atoms with Gasteiger partial charge in [0.25, 0.3) is 0 Å². The maximum Gasteiger partial charge on any atom is 0.416 e. The van der Waals surface area contributed by atoms with E-state index in [2.05, 4.69) is 0 Å². The van der Waals surface area contributed by atoms with Gasteiger partial charge >= 0.3 is 6.18 Å². The van der Waals surface area contributed by atoms with Gasteiger partial charge in [-0.3, -0.25) is 4.79 Å². The highest BCUT2D eigenvalue weighted by Gasteiger charge is 2.30. The lowest BCUT2D eigenvalue weighted by Gasteiger charge is -2.15. The first kappa shape index (κ1) is 19.8. The van der Waals surface area contributed by atoms with Crippen LogP contribution >= 0.6 is 0 Å². The summed E-state index contributed by atoms with van der Waals surface area (Å²) < 4.78 is 55.2. The third-order valence-electron chi connectivity index (χ3n) is 4.82. The molecule has 0 bridgehead atoms. The number of methoxy groups -OCH3 is 1. The Morgan fingerprint density at radius 1 is 0.967 bits per heavy atom. The lowest BCUT2D eigenvalue weighted by molar-refractivity contribution is -0.137. The number of Topliss-reactive ketones (excluding diaryl/α,β-unsaturated/α-hetero) is 1. The van der Waals surface area contributed by atoms with Crippen molar-refractivity contribution in [3.8, 4) is 28.4 Å². The number of halogens is 3. The van der Waals surface area contributed by atoms with Crippen LogP contribution in [0.4, 0.5) is 13.2 Å². The quantitative estimate of drug-likeness (QED) is 0.550. The molecule has 0 N–H and O–H groups in total. The summed E-state index contributed by atoms with van der Waals surface area (Å²) in [5.74, 6) is 1.35. The number of alkyl halides is 3. The van der Waals surface area contributed by atoms with E-state index in [-0.39, 0.29) is 19.0 Å². The van der Waals surface area contributed by atoms with Crippen LogP contribution in [0.25, 0.3) is 11.1 Å². The van der Waals surface area contributed by atoms with E-state index in [1.807, 2.05) is 12.1 Å². The summed E-state index contributed by atoms with van der Waals surface area (Å²) >= 11 is 0. The van der Waals surface area contributed by atoms with E-state index in [4.69, 9.17) is 14.2 Å². The van der Waals surface area contributed by atoms with Gasteiger partial charge in [0, 0.05) is 11.6 Å². The minimum atomic E-state index is -4.42. The van der Waals surface area contributed by atoms with Crippen LogP contribution in [0.1, 0.15) is 21.5 Å². The Morgan fingerprint density at radius 3 is 2.30 bits per heavy atom. The predicted molar refractivity (Wildman–Crippen MR) is 104 cm³/mol. The van der Waals surface area contributed by atoms with Gasteiger partial charge < -0.3 is 14.2 Å².